The average Bonchev–Trinajstić information content (AvgIpc) is 2.68. The van der Waals surface area contributed by atoms with Crippen LogP contribution in [0.2, 0.25) is 0 Å². The van der Waals surface area contributed by atoms with Crippen LogP contribution in [0.1, 0.15) is 44.9 Å². The molecule has 0 radical (unpaired) electrons. The predicted octanol–water partition coefficient (Wildman–Crippen LogP) is 4.05. The molecule has 0 unspecified atom stereocenters. The van der Waals surface area contributed by atoms with Crippen molar-refractivity contribution in [1.29, 1.82) is 0 Å². The van der Waals surface area contributed by atoms with E-state index >= 15 is 0 Å². The number of aliphatic hydroxyl groups excluding tert-OH is 1. The standard InChI is InChI=1S/C23H28N2O8/c1-11(2)31-22(29)24-16-6-5-13(7-17(16)25-23(30)32-12(3)4)21-19(28)10-15-18(27)8-14(26)9-20(15)33-21/h5-9,11-12,19,21,26-28H,10H2,1-4H3,(H,24,29)(H,25,30)/t19-,21-/m1/s1. The summed E-state index contributed by atoms with van der Waals surface area (Å²) < 4.78 is 16.1. The molecule has 10 heteroatoms. The van der Waals surface area contributed by atoms with Crippen LogP contribution in [0, 0.1) is 0 Å². The Labute approximate surface area is 191 Å². The van der Waals surface area contributed by atoms with Gasteiger partial charge in [0.1, 0.15) is 23.4 Å². The van der Waals surface area contributed by atoms with Gasteiger partial charge in [0.25, 0.3) is 0 Å². The second kappa shape index (κ2) is 9.86. The van der Waals surface area contributed by atoms with E-state index in [9.17, 15) is 24.9 Å². The topological polar surface area (TPSA) is 147 Å². The van der Waals surface area contributed by atoms with Crippen LogP contribution in [0.25, 0.3) is 0 Å². The van der Waals surface area contributed by atoms with Gasteiger partial charge in [-0.05, 0) is 45.4 Å². The largest absolute Gasteiger partial charge is 0.508 e. The number of hydrogen-bond acceptors (Lipinski definition) is 8. The van der Waals surface area contributed by atoms with Crippen molar-refractivity contribution in [3.8, 4) is 17.2 Å². The Morgan fingerprint density at radius 2 is 1.58 bits per heavy atom. The molecule has 2 aromatic rings. The fourth-order valence-electron chi connectivity index (χ4n) is 3.41. The summed E-state index contributed by atoms with van der Waals surface area (Å²) in [6, 6.07) is 7.21. The number of hydrogen-bond donors (Lipinski definition) is 5. The minimum absolute atomic E-state index is 0.0883. The highest BCUT2D eigenvalue weighted by molar-refractivity contribution is 5.95. The minimum atomic E-state index is -1.02. The number of rotatable bonds is 5. The quantitative estimate of drug-likeness (QED) is 0.449. The second-order valence-corrected chi connectivity index (χ2v) is 8.21. The van der Waals surface area contributed by atoms with Crippen molar-refractivity contribution in [2.24, 2.45) is 0 Å². The van der Waals surface area contributed by atoms with Gasteiger partial charge in [-0.3, -0.25) is 10.6 Å². The number of ether oxygens (including phenoxy) is 3. The van der Waals surface area contributed by atoms with Gasteiger partial charge in [-0.2, -0.15) is 0 Å². The summed E-state index contributed by atoms with van der Waals surface area (Å²) in [4.78, 5) is 24.3. The number of aliphatic hydroxyl groups is 1. The fraction of sp³-hybridized carbons (Fsp3) is 0.391. The van der Waals surface area contributed by atoms with Crippen LogP contribution in [-0.2, 0) is 15.9 Å². The lowest BCUT2D eigenvalue weighted by molar-refractivity contribution is 0.0198. The number of anilines is 2. The monoisotopic (exact) mass is 460 g/mol. The van der Waals surface area contributed by atoms with Crippen LogP contribution in [0.4, 0.5) is 21.0 Å². The van der Waals surface area contributed by atoms with Gasteiger partial charge in [0, 0.05) is 24.1 Å². The van der Waals surface area contributed by atoms with E-state index in [1.54, 1.807) is 33.8 Å². The van der Waals surface area contributed by atoms with Crippen LogP contribution < -0.4 is 15.4 Å². The van der Waals surface area contributed by atoms with Crippen molar-refractivity contribution in [3.63, 3.8) is 0 Å². The SMILES string of the molecule is CC(C)OC(=O)Nc1ccc([C@H]2Oc3cc(O)cc(O)c3C[C@H]2O)cc1NC(=O)OC(C)C. The first kappa shape index (κ1) is 24.0. The lowest BCUT2D eigenvalue weighted by Crippen LogP contribution is -2.30. The highest BCUT2D eigenvalue weighted by Crippen LogP contribution is 2.42. The Kier molecular flexibility index (Phi) is 7.17. The zero-order valence-corrected chi connectivity index (χ0v) is 18.8. The smallest absolute Gasteiger partial charge is 0.411 e. The first-order valence-electron chi connectivity index (χ1n) is 10.5. The van der Waals surface area contributed by atoms with Crippen LogP contribution in [0.15, 0.2) is 30.3 Å². The number of phenols is 2. The first-order valence-corrected chi connectivity index (χ1v) is 10.5. The number of carbonyl (C=O) groups excluding carboxylic acids is 2. The number of amides is 2. The molecule has 33 heavy (non-hydrogen) atoms. The lowest BCUT2D eigenvalue weighted by atomic mass is 9.93. The van der Waals surface area contributed by atoms with Crippen molar-refractivity contribution in [3.05, 3.63) is 41.5 Å². The van der Waals surface area contributed by atoms with Crippen LogP contribution >= 0.6 is 0 Å². The third-order valence-electron chi connectivity index (χ3n) is 4.72. The van der Waals surface area contributed by atoms with E-state index in [-0.39, 0.29) is 47.3 Å². The van der Waals surface area contributed by atoms with E-state index < -0.39 is 24.4 Å². The molecule has 0 bridgehead atoms. The molecule has 0 spiro atoms. The zero-order chi connectivity index (χ0) is 24.3. The molecule has 1 aliphatic heterocycles. The van der Waals surface area contributed by atoms with Crippen molar-refractivity contribution in [2.75, 3.05) is 10.6 Å². The molecule has 3 rings (SSSR count). The molecular weight excluding hydrogens is 432 g/mol. The highest BCUT2D eigenvalue weighted by Gasteiger charge is 2.32. The molecule has 10 nitrogen and oxygen atoms in total. The Morgan fingerprint density at radius 1 is 0.970 bits per heavy atom. The lowest BCUT2D eigenvalue weighted by Gasteiger charge is -2.31. The van der Waals surface area contributed by atoms with Crippen molar-refractivity contribution < 1.29 is 39.1 Å². The molecule has 0 aromatic heterocycles. The molecule has 1 aliphatic rings. The maximum atomic E-state index is 12.2. The van der Waals surface area contributed by atoms with Gasteiger partial charge in [-0.1, -0.05) is 6.07 Å². The van der Waals surface area contributed by atoms with Gasteiger partial charge >= 0.3 is 12.2 Å². The van der Waals surface area contributed by atoms with Crippen molar-refractivity contribution in [2.45, 2.75) is 58.5 Å². The van der Waals surface area contributed by atoms with Crippen molar-refractivity contribution in [1.82, 2.24) is 0 Å². The van der Waals surface area contributed by atoms with E-state index in [2.05, 4.69) is 10.6 Å². The third kappa shape index (κ3) is 5.98. The molecule has 0 saturated heterocycles. The Bertz CT molecular complexity index is 1040. The van der Waals surface area contributed by atoms with E-state index in [0.717, 1.165) is 0 Å². The number of benzene rings is 2. The summed E-state index contributed by atoms with van der Waals surface area (Å²) in [6.07, 6.45) is -3.93. The Hall–Kier alpha value is -3.66. The molecule has 5 N–H and O–H groups in total. The van der Waals surface area contributed by atoms with E-state index in [4.69, 9.17) is 14.2 Å². The summed E-state index contributed by atoms with van der Waals surface area (Å²) in [7, 11) is 0. The molecule has 1 heterocycles. The van der Waals surface area contributed by atoms with Crippen LogP contribution in [-0.4, -0.2) is 45.8 Å². The fourth-order valence-corrected chi connectivity index (χ4v) is 3.41. The summed E-state index contributed by atoms with van der Waals surface area (Å²) in [6.45, 7) is 6.81. The number of phenolic OH excluding ortho intramolecular Hbond substituents is 2. The van der Waals surface area contributed by atoms with Crippen LogP contribution in [0.5, 0.6) is 17.2 Å². The number of aromatic hydroxyl groups is 2. The molecule has 0 saturated carbocycles. The van der Waals surface area contributed by atoms with Crippen LogP contribution in [0.3, 0.4) is 0 Å². The van der Waals surface area contributed by atoms with E-state index in [0.29, 0.717) is 11.1 Å². The van der Waals surface area contributed by atoms with E-state index in [1.807, 2.05) is 0 Å². The first-order chi connectivity index (χ1) is 15.5. The maximum Gasteiger partial charge on any atom is 0.411 e. The van der Waals surface area contributed by atoms with Gasteiger partial charge in [0.05, 0.1) is 29.7 Å². The molecule has 2 atom stereocenters. The summed E-state index contributed by atoms with van der Waals surface area (Å²) >= 11 is 0. The molecule has 2 aromatic carbocycles. The van der Waals surface area contributed by atoms with Gasteiger partial charge < -0.3 is 29.5 Å². The zero-order valence-electron chi connectivity index (χ0n) is 18.8. The third-order valence-corrected chi connectivity index (χ3v) is 4.72. The summed E-state index contributed by atoms with van der Waals surface area (Å²) in [5.74, 6) is -0.118. The normalized spacial score (nSPS) is 17.2. The molecule has 0 aliphatic carbocycles. The number of carbonyl (C=O) groups is 2. The van der Waals surface area contributed by atoms with Gasteiger partial charge in [-0.25, -0.2) is 9.59 Å². The molecular formula is C23H28N2O8. The molecule has 2 amide bonds. The molecule has 0 fully saturated rings. The Morgan fingerprint density at radius 3 is 2.18 bits per heavy atom. The van der Waals surface area contributed by atoms with E-state index in [1.165, 1.54) is 24.3 Å². The summed E-state index contributed by atoms with van der Waals surface area (Å²) in [5.41, 5.74) is 1.33. The van der Waals surface area contributed by atoms with Gasteiger partial charge in [0.2, 0.25) is 0 Å². The number of nitrogens with one attached hydrogen (secondary N) is 2. The summed E-state index contributed by atoms with van der Waals surface area (Å²) in [5, 5.41) is 35.6. The maximum absolute atomic E-state index is 12.2. The number of fused-ring (bicyclic) bond motifs is 1. The minimum Gasteiger partial charge on any atom is -0.508 e. The van der Waals surface area contributed by atoms with Gasteiger partial charge in [0.15, 0.2) is 0 Å². The average molecular weight is 460 g/mol. The highest BCUT2D eigenvalue weighted by atomic mass is 16.6. The van der Waals surface area contributed by atoms with Gasteiger partial charge in [-0.15, -0.1) is 0 Å². The molecule has 178 valence electrons. The Balaban J connectivity index is 1.92. The predicted molar refractivity (Wildman–Crippen MR) is 120 cm³/mol. The van der Waals surface area contributed by atoms with Crippen molar-refractivity contribution >= 4 is 23.6 Å². The second-order valence-electron chi connectivity index (χ2n) is 8.21.